The summed E-state index contributed by atoms with van der Waals surface area (Å²) in [6.45, 7) is 4.95. The number of unbranched alkanes of at least 4 members (excludes halogenated alkanes) is 1. The van der Waals surface area contributed by atoms with E-state index in [0.29, 0.717) is 5.69 Å². The predicted molar refractivity (Wildman–Crippen MR) is 61.7 cm³/mol. The molecule has 80 valence electrons. The van der Waals surface area contributed by atoms with Crippen LogP contribution in [0.5, 0.6) is 0 Å². The lowest BCUT2D eigenvalue weighted by atomic mass is 10.1. The number of rotatable bonds is 5. The average Bonchev–Trinajstić information content (AvgIpc) is 2.26. The third kappa shape index (κ3) is 3.62. The Morgan fingerprint density at radius 1 is 1.53 bits per heavy atom. The largest absolute Gasteiger partial charge is 0.296 e. The van der Waals surface area contributed by atoms with Gasteiger partial charge >= 0.3 is 0 Å². The van der Waals surface area contributed by atoms with Gasteiger partial charge in [-0.25, -0.2) is 0 Å². The van der Waals surface area contributed by atoms with Gasteiger partial charge in [-0.3, -0.25) is 14.8 Å². The molecule has 0 bridgehead atoms. The molecule has 0 N–H and O–H groups in total. The second-order valence-electron chi connectivity index (χ2n) is 3.47. The van der Waals surface area contributed by atoms with Gasteiger partial charge in [0.2, 0.25) is 0 Å². The van der Waals surface area contributed by atoms with Crippen LogP contribution in [0.3, 0.4) is 0 Å². The monoisotopic (exact) mass is 204 g/mol. The van der Waals surface area contributed by atoms with Gasteiger partial charge in [-0.2, -0.15) is 0 Å². The maximum Gasteiger partial charge on any atom is 0.168 e. The second kappa shape index (κ2) is 6.06. The number of hydrogen-bond donors (Lipinski definition) is 0. The predicted octanol–water partition coefficient (Wildman–Crippen LogP) is 2.42. The lowest BCUT2D eigenvalue weighted by Gasteiger charge is -1.99. The highest BCUT2D eigenvalue weighted by molar-refractivity contribution is 5.82. The first-order chi connectivity index (χ1) is 7.27. The summed E-state index contributed by atoms with van der Waals surface area (Å²) in [5, 5.41) is 0. The minimum atomic E-state index is 0.471. The van der Waals surface area contributed by atoms with E-state index in [9.17, 15) is 4.79 Å². The summed E-state index contributed by atoms with van der Waals surface area (Å²) in [6, 6.07) is 1.77. The molecule has 1 aromatic heterocycles. The first-order valence-corrected chi connectivity index (χ1v) is 5.19. The fraction of sp³-hybridized carbons (Fsp3) is 0.417. The first-order valence-electron chi connectivity index (χ1n) is 5.19. The van der Waals surface area contributed by atoms with Gasteiger partial charge in [0.15, 0.2) is 6.29 Å². The number of nitrogens with zero attached hydrogens (tertiary/aromatic N) is 2. The molecule has 0 aromatic carbocycles. The molecular formula is C12H16N2O. The molecule has 0 aliphatic heterocycles. The van der Waals surface area contributed by atoms with E-state index in [1.165, 1.54) is 0 Å². The van der Waals surface area contributed by atoms with Crippen LogP contribution >= 0.6 is 0 Å². The molecule has 0 aliphatic carbocycles. The highest BCUT2D eigenvalue weighted by Crippen LogP contribution is 2.04. The van der Waals surface area contributed by atoms with Crippen LogP contribution in [0.25, 0.3) is 0 Å². The van der Waals surface area contributed by atoms with E-state index in [4.69, 9.17) is 0 Å². The molecule has 0 spiro atoms. The molecule has 0 unspecified atom stereocenters. The van der Waals surface area contributed by atoms with Gasteiger partial charge < -0.3 is 0 Å². The Bertz CT molecular complexity index is 359. The number of hydrogen-bond acceptors (Lipinski definition) is 3. The Labute approximate surface area is 90.3 Å². The molecule has 0 saturated carbocycles. The van der Waals surface area contributed by atoms with Gasteiger partial charge in [0.25, 0.3) is 0 Å². The quantitative estimate of drug-likeness (QED) is 0.420. The highest BCUT2D eigenvalue weighted by Gasteiger charge is 1.97. The van der Waals surface area contributed by atoms with E-state index < -0.39 is 0 Å². The van der Waals surface area contributed by atoms with Gasteiger partial charge in [-0.15, -0.1) is 0 Å². The summed E-state index contributed by atoms with van der Waals surface area (Å²) in [5.74, 6) is 0. The van der Waals surface area contributed by atoms with Crippen molar-refractivity contribution in [2.75, 3.05) is 6.54 Å². The smallest absolute Gasteiger partial charge is 0.168 e. The summed E-state index contributed by atoms with van der Waals surface area (Å²) in [4.78, 5) is 18.8. The SMILES string of the molecule is CCCCN=Cc1cnc(C=O)cc1C. The minimum Gasteiger partial charge on any atom is -0.296 e. The standard InChI is InChI=1S/C12H16N2O/c1-3-4-5-13-7-11-8-14-12(9-15)6-10(11)2/h6-9H,3-5H2,1-2H3. The third-order valence-corrected chi connectivity index (χ3v) is 2.16. The van der Waals surface area contributed by atoms with E-state index in [1.807, 2.05) is 13.1 Å². The van der Waals surface area contributed by atoms with Gasteiger partial charge in [0.1, 0.15) is 5.69 Å². The van der Waals surface area contributed by atoms with Crippen molar-refractivity contribution in [3.8, 4) is 0 Å². The fourth-order valence-electron chi connectivity index (χ4n) is 1.20. The Morgan fingerprint density at radius 3 is 2.93 bits per heavy atom. The van der Waals surface area contributed by atoms with Crippen LogP contribution in [0.2, 0.25) is 0 Å². The van der Waals surface area contributed by atoms with Crippen molar-refractivity contribution in [1.82, 2.24) is 4.98 Å². The van der Waals surface area contributed by atoms with Crippen LogP contribution in [0.4, 0.5) is 0 Å². The zero-order valence-electron chi connectivity index (χ0n) is 9.23. The Hall–Kier alpha value is -1.51. The number of pyridine rings is 1. The van der Waals surface area contributed by atoms with Crippen LogP contribution in [-0.4, -0.2) is 24.0 Å². The van der Waals surface area contributed by atoms with Crippen molar-refractivity contribution in [3.63, 3.8) is 0 Å². The molecule has 1 rings (SSSR count). The van der Waals surface area contributed by atoms with Crippen molar-refractivity contribution in [2.24, 2.45) is 4.99 Å². The summed E-state index contributed by atoms with van der Waals surface area (Å²) >= 11 is 0. The number of carbonyl (C=O) groups excluding carboxylic acids is 1. The van der Waals surface area contributed by atoms with Crippen molar-refractivity contribution in [1.29, 1.82) is 0 Å². The molecular weight excluding hydrogens is 188 g/mol. The lowest BCUT2D eigenvalue weighted by molar-refractivity contribution is 0.111. The van der Waals surface area contributed by atoms with Crippen LogP contribution in [0.1, 0.15) is 41.4 Å². The Morgan fingerprint density at radius 2 is 2.33 bits per heavy atom. The van der Waals surface area contributed by atoms with Gasteiger partial charge in [0.05, 0.1) is 0 Å². The van der Waals surface area contributed by atoms with Crippen molar-refractivity contribution >= 4 is 12.5 Å². The molecule has 0 aliphatic rings. The zero-order valence-corrected chi connectivity index (χ0v) is 9.23. The first kappa shape index (κ1) is 11.6. The van der Waals surface area contributed by atoms with Crippen LogP contribution in [0, 0.1) is 6.92 Å². The van der Waals surface area contributed by atoms with E-state index >= 15 is 0 Å². The molecule has 0 fully saturated rings. The van der Waals surface area contributed by atoms with E-state index in [0.717, 1.165) is 36.8 Å². The van der Waals surface area contributed by atoms with Crippen LogP contribution < -0.4 is 0 Å². The molecule has 0 amide bonds. The van der Waals surface area contributed by atoms with E-state index in [-0.39, 0.29) is 0 Å². The number of aryl methyl sites for hydroxylation is 1. The Balaban J connectivity index is 2.69. The van der Waals surface area contributed by atoms with E-state index in [2.05, 4.69) is 16.9 Å². The number of carbonyl (C=O) groups is 1. The average molecular weight is 204 g/mol. The number of aldehydes is 1. The Kier molecular flexibility index (Phi) is 4.68. The van der Waals surface area contributed by atoms with Gasteiger partial charge in [-0.05, 0) is 25.0 Å². The van der Waals surface area contributed by atoms with Gasteiger partial charge in [0, 0.05) is 24.5 Å². The van der Waals surface area contributed by atoms with Crippen LogP contribution in [0.15, 0.2) is 17.3 Å². The maximum atomic E-state index is 10.5. The fourth-order valence-corrected chi connectivity index (χ4v) is 1.20. The van der Waals surface area contributed by atoms with E-state index in [1.54, 1.807) is 12.3 Å². The van der Waals surface area contributed by atoms with Crippen molar-refractivity contribution < 1.29 is 4.79 Å². The third-order valence-electron chi connectivity index (χ3n) is 2.16. The molecule has 1 heterocycles. The van der Waals surface area contributed by atoms with Crippen molar-refractivity contribution in [2.45, 2.75) is 26.7 Å². The summed E-state index contributed by atoms with van der Waals surface area (Å²) < 4.78 is 0. The molecule has 15 heavy (non-hydrogen) atoms. The molecule has 0 saturated heterocycles. The minimum absolute atomic E-state index is 0.471. The van der Waals surface area contributed by atoms with Crippen LogP contribution in [-0.2, 0) is 0 Å². The summed E-state index contributed by atoms with van der Waals surface area (Å²) in [5.41, 5.74) is 2.49. The van der Waals surface area contributed by atoms with Gasteiger partial charge in [-0.1, -0.05) is 13.3 Å². The topological polar surface area (TPSA) is 42.3 Å². The molecule has 0 atom stereocenters. The normalized spacial score (nSPS) is 10.8. The molecule has 1 aromatic rings. The molecule has 3 heteroatoms. The summed E-state index contributed by atoms with van der Waals surface area (Å²) in [7, 11) is 0. The number of aromatic nitrogens is 1. The molecule has 3 nitrogen and oxygen atoms in total. The number of aliphatic imine (C=N–C) groups is 1. The maximum absolute atomic E-state index is 10.5. The second-order valence-corrected chi connectivity index (χ2v) is 3.47. The summed E-state index contributed by atoms with van der Waals surface area (Å²) in [6.07, 6.45) is 6.53. The molecule has 0 radical (unpaired) electrons. The zero-order chi connectivity index (χ0) is 11.1. The van der Waals surface area contributed by atoms with Crippen molar-refractivity contribution in [3.05, 3.63) is 29.1 Å². The highest BCUT2D eigenvalue weighted by atomic mass is 16.1. The lowest BCUT2D eigenvalue weighted by Crippen LogP contribution is -1.94.